The van der Waals surface area contributed by atoms with Gasteiger partial charge in [0, 0.05) is 13.8 Å². The van der Waals surface area contributed by atoms with Gasteiger partial charge in [-0.3, -0.25) is 9.59 Å². The fourth-order valence-corrected chi connectivity index (χ4v) is 0.659. The van der Waals surface area contributed by atoms with Crippen molar-refractivity contribution in [3.63, 3.8) is 0 Å². The molecular formula is C12H18O7. The van der Waals surface area contributed by atoms with Crippen molar-refractivity contribution >= 4 is 23.7 Å². The molecule has 0 bridgehead atoms. The molecule has 108 valence electrons. The zero-order valence-electron chi connectivity index (χ0n) is 11.5. The van der Waals surface area contributed by atoms with Gasteiger partial charge in [0.05, 0.1) is 13.2 Å². The van der Waals surface area contributed by atoms with E-state index >= 15 is 0 Å². The topological polar surface area (TPSA) is 96.0 Å². The quantitative estimate of drug-likeness (QED) is 0.240. The lowest BCUT2D eigenvalue weighted by molar-refractivity contribution is -0.152. The van der Waals surface area contributed by atoms with Crippen LogP contribution in [0.5, 0.6) is 0 Å². The van der Waals surface area contributed by atoms with E-state index in [-0.39, 0.29) is 19.0 Å². The van der Waals surface area contributed by atoms with Gasteiger partial charge in [-0.05, 0) is 20.4 Å². The third-order valence-corrected chi connectivity index (χ3v) is 1.33. The number of rotatable bonds is 5. The van der Waals surface area contributed by atoms with Gasteiger partial charge in [0.1, 0.15) is 0 Å². The molecule has 19 heavy (non-hydrogen) atoms. The van der Waals surface area contributed by atoms with Crippen LogP contribution in [0.4, 0.5) is 0 Å². The van der Waals surface area contributed by atoms with Crippen LogP contribution in [0.1, 0.15) is 27.7 Å². The summed E-state index contributed by atoms with van der Waals surface area (Å²) < 4.78 is 13.2. The molecule has 7 nitrogen and oxygen atoms in total. The number of Topliss-reactive ketones (excluding diaryl/α,β-unsaturated/α-hetero) is 1. The van der Waals surface area contributed by atoms with Crippen LogP contribution in [0.2, 0.25) is 0 Å². The van der Waals surface area contributed by atoms with Crippen molar-refractivity contribution in [2.75, 3.05) is 13.2 Å². The summed E-state index contributed by atoms with van der Waals surface area (Å²) in [6.45, 7) is 9.36. The molecule has 0 saturated heterocycles. The Kier molecular flexibility index (Phi) is 11.0. The summed E-state index contributed by atoms with van der Waals surface area (Å²) >= 11 is 0. The van der Waals surface area contributed by atoms with Crippen molar-refractivity contribution in [1.82, 2.24) is 0 Å². The van der Waals surface area contributed by atoms with E-state index in [4.69, 9.17) is 0 Å². The molecule has 0 aliphatic carbocycles. The monoisotopic (exact) mass is 274 g/mol. The Balaban J connectivity index is 0. The van der Waals surface area contributed by atoms with Gasteiger partial charge >= 0.3 is 17.9 Å². The maximum Gasteiger partial charge on any atom is 0.374 e. The Labute approximate surface area is 111 Å². The zero-order chi connectivity index (χ0) is 15.4. The highest BCUT2D eigenvalue weighted by Crippen LogP contribution is 1.96. The Morgan fingerprint density at radius 2 is 1.32 bits per heavy atom. The van der Waals surface area contributed by atoms with E-state index < -0.39 is 23.7 Å². The maximum atomic E-state index is 10.7. The Hall–Kier alpha value is -2.18. The molecule has 0 rings (SSSR count). The number of ether oxygens (including phenoxy) is 3. The zero-order valence-corrected chi connectivity index (χ0v) is 11.5. The van der Waals surface area contributed by atoms with Crippen molar-refractivity contribution in [3.8, 4) is 0 Å². The number of carbonyl (C=O) groups excluding carboxylic acids is 4. The summed E-state index contributed by atoms with van der Waals surface area (Å²) in [5.41, 5.74) is 0. The molecule has 0 saturated carbocycles. The first-order valence-corrected chi connectivity index (χ1v) is 5.48. The molecule has 0 N–H and O–H groups in total. The maximum absolute atomic E-state index is 10.7. The molecule has 0 spiro atoms. The molecule has 0 heterocycles. The van der Waals surface area contributed by atoms with Crippen LogP contribution in [0.25, 0.3) is 0 Å². The molecule has 0 fully saturated rings. The number of esters is 3. The van der Waals surface area contributed by atoms with E-state index in [2.05, 4.69) is 20.8 Å². The van der Waals surface area contributed by atoms with Crippen molar-refractivity contribution in [1.29, 1.82) is 0 Å². The van der Waals surface area contributed by atoms with Crippen LogP contribution < -0.4 is 0 Å². The highest BCUT2D eigenvalue weighted by molar-refractivity contribution is 6.32. The molecule has 0 amide bonds. The van der Waals surface area contributed by atoms with Gasteiger partial charge in [-0.15, -0.1) is 0 Å². The first-order valence-electron chi connectivity index (χ1n) is 5.48. The Morgan fingerprint density at radius 3 is 1.58 bits per heavy atom. The molecule has 0 aliphatic heterocycles. The van der Waals surface area contributed by atoms with E-state index in [1.54, 1.807) is 13.8 Å². The van der Waals surface area contributed by atoms with E-state index in [0.29, 0.717) is 0 Å². The third kappa shape index (κ3) is 12.1. The van der Waals surface area contributed by atoms with Crippen LogP contribution in [-0.2, 0) is 33.4 Å². The average Bonchev–Trinajstić information content (AvgIpc) is 2.29. The summed E-state index contributed by atoms with van der Waals surface area (Å²) in [5.74, 6) is -2.87. The number of hydrogen-bond acceptors (Lipinski definition) is 7. The second kappa shape index (κ2) is 10.9. The number of carbonyl (C=O) groups is 4. The first kappa shape index (κ1) is 19.2. The normalized spacial score (nSPS) is 8.42. The Morgan fingerprint density at radius 1 is 0.895 bits per heavy atom. The lowest BCUT2D eigenvalue weighted by Crippen LogP contribution is -2.12. The van der Waals surface area contributed by atoms with E-state index in [1.165, 1.54) is 13.8 Å². The van der Waals surface area contributed by atoms with Crippen LogP contribution in [0.15, 0.2) is 12.3 Å². The smallest absolute Gasteiger partial charge is 0.374 e. The molecule has 0 aliphatic rings. The molecule has 7 heteroatoms. The van der Waals surface area contributed by atoms with Crippen LogP contribution in [0.3, 0.4) is 0 Å². The van der Waals surface area contributed by atoms with Crippen molar-refractivity contribution < 1.29 is 33.4 Å². The lowest BCUT2D eigenvalue weighted by atomic mass is 10.5. The SMILES string of the molecule is C=C(OC(C)=O)C(=O)OCC.CCOC(=O)C(C)=O. The van der Waals surface area contributed by atoms with Crippen LogP contribution in [-0.4, -0.2) is 36.9 Å². The van der Waals surface area contributed by atoms with Gasteiger partial charge in [0.25, 0.3) is 0 Å². The Bertz CT molecular complexity index is 357. The van der Waals surface area contributed by atoms with Gasteiger partial charge in [-0.1, -0.05) is 0 Å². The summed E-state index contributed by atoms with van der Waals surface area (Å²) in [6.07, 6.45) is 0. The number of hydrogen-bond donors (Lipinski definition) is 0. The standard InChI is InChI=1S/C7H10O4.C5H8O3/c1-4-10-7(9)5(2)11-6(3)8;1-3-8-5(7)4(2)6/h2,4H2,1,3H3;3H2,1-2H3. The van der Waals surface area contributed by atoms with Gasteiger partial charge in [0.2, 0.25) is 11.5 Å². The van der Waals surface area contributed by atoms with Crippen LogP contribution in [0, 0.1) is 0 Å². The summed E-state index contributed by atoms with van der Waals surface area (Å²) in [6, 6.07) is 0. The van der Waals surface area contributed by atoms with E-state index in [9.17, 15) is 19.2 Å². The molecule has 0 aromatic heterocycles. The second-order valence-corrected chi connectivity index (χ2v) is 3.01. The van der Waals surface area contributed by atoms with Crippen molar-refractivity contribution in [3.05, 3.63) is 12.3 Å². The lowest BCUT2D eigenvalue weighted by Gasteiger charge is -2.02. The third-order valence-electron chi connectivity index (χ3n) is 1.33. The first-order chi connectivity index (χ1) is 8.76. The minimum Gasteiger partial charge on any atom is -0.460 e. The highest BCUT2D eigenvalue weighted by atomic mass is 16.6. The van der Waals surface area contributed by atoms with Gasteiger partial charge in [-0.2, -0.15) is 0 Å². The fourth-order valence-electron chi connectivity index (χ4n) is 0.659. The van der Waals surface area contributed by atoms with Gasteiger partial charge in [0.15, 0.2) is 0 Å². The summed E-state index contributed by atoms with van der Waals surface area (Å²) in [4.78, 5) is 41.2. The van der Waals surface area contributed by atoms with Crippen molar-refractivity contribution in [2.24, 2.45) is 0 Å². The van der Waals surface area contributed by atoms with Gasteiger partial charge in [-0.25, -0.2) is 9.59 Å². The average molecular weight is 274 g/mol. The largest absolute Gasteiger partial charge is 0.460 e. The van der Waals surface area contributed by atoms with E-state index in [0.717, 1.165) is 0 Å². The second-order valence-electron chi connectivity index (χ2n) is 3.01. The predicted molar refractivity (Wildman–Crippen MR) is 64.9 cm³/mol. The van der Waals surface area contributed by atoms with Crippen LogP contribution >= 0.6 is 0 Å². The van der Waals surface area contributed by atoms with Crippen molar-refractivity contribution in [2.45, 2.75) is 27.7 Å². The number of ketones is 1. The highest BCUT2D eigenvalue weighted by Gasteiger charge is 2.10. The van der Waals surface area contributed by atoms with E-state index in [1.807, 2.05) is 0 Å². The molecule has 0 unspecified atom stereocenters. The minimum absolute atomic E-state index is 0.235. The fraction of sp³-hybridized carbons (Fsp3) is 0.500. The summed E-state index contributed by atoms with van der Waals surface area (Å²) in [7, 11) is 0. The van der Waals surface area contributed by atoms with Gasteiger partial charge < -0.3 is 14.2 Å². The molecule has 0 atom stereocenters. The molecule has 0 aromatic carbocycles. The minimum atomic E-state index is -0.757. The molecule has 0 aromatic rings. The molecule has 0 radical (unpaired) electrons. The summed E-state index contributed by atoms with van der Waals surface area (Å²) in [5, 5.41) is 0. The predicted octanol–water partition coefficient (Wildman–Crippen LogP) is 0.765. The molecular weight excluding hydrogens is 256 g/mol.